The van der Waals surface area contributed by atoms with Crippen molar-refractivity contribution >= 4 is 27.3 Å². The number of carbonyl (C=O) groups is 1. The minimum absolute atomic E-state index is 0.00778. The van der Waals surface area contributed by atoms with Crippen LogP contribution in [-0.2, 0) is 6.42 Å². The molecule has 0 atom stereocenters. The number of thiophene rings is 1. The Balaban J connectivity index is 1.87. The molecule has 0 fully saturated rings. The van der Waals surface area contributed by atoms with Gasteiger partial charge in [-0.25, -0.2) is 0 Å². The van der Waals surface area contributed by atoms with E-state index in [1.165, 1.54) is 0 Å². The lowest BCUT2D eigenvalue weighted by atomic mass is 10.0. The van der Waals surface area contributed by atoms with Gasteiger partial charge in [0.05, 0.1) is 10.2 Å². The van der Waals surface area contributed by atoms with E-state index in [9.17, 15) is 9.90 Å². The number of pyridine rings is 1. The van der Waals surface area contributed by atoms with E-state index in [2.05, 4.69) is 4.98 Å². The Morgan fingerprint density at radius 3 is 3.00 bits per heavy atom. The summed E-state index contributed by atoms with van der Waals surface area (Å²) in [7, 11) is 0. The van der Waals surface area contributed by atoms with E-state index in [0.717, 1.165) is 15.8 Å². The van der Waals surface area contributed by atoms with Crippen LogP contribution in [0.2, 0.25) is 0 Å². The molecule has 19 heavy (non-hydrogen) atoms. The summed E-state index contributed by atoms with van der Waals surface area (Å²) >= 11 is 1.57. The number of phenols is 1. The fourth-order valence-corrected chi connectivity index (χ4v) is 2.73. The summed E-state index contributed by atoms with van der Waals surface area (Å²) < 4.78 is 1.02. The lowest BCUT2D eigenvalue weighted by Gasteiger charge is -2.02. The van der Waals surface area contributed by atoms with E-state index in [1.54, 1.807) is 35.7 Å². The van der Waals surface area contributed by atoms with Crippen LogP contribution in [0.5, 0.6) is 5.75 Å². The third-order valence-corrected chi connectivity index (χ3v) is 3.75. The number of carbonyl (C=O) groups excluding carboxylic acids is 1. The molecule has 0 bridgehead atoms. The second-order valence-electron chi connectivity index (χ2n) is 4.30. The monoisotopic (exact) mass is 269 g/mol. The highest BCUT2D eigenvalue weighted by molar-refractivity contribution is 7.17. The molecule has 4 heteroatoms. The number of phenolic OH excluding ortho intramolecular Hbond substituents is 1. The zero-order chi connectivity index (χ0) is 13.2. The van der Waals surface area contributed by atoms with Crippen molar-refractivity contribution in [3.63, 3.8) is 0 Å². The number of benzene rings is 1. The number of aromatic hydroxyl groups is 1. The van der Waals surface area contributed by atoms with Crippen LogP contribution in [0.15, 0.2) is 48.0 Å². The first-order valence-corrected chi connectivity index (χ1v) is 6.75. The lowest BCUT2D eigenvalue weighted by Crippen LogP contribution is -2.03. The molecule has 0 aliphatic rings. The first-order chi connectivity index (χ1) is 9.22. The molecule has 1 aromatic carbocycles. The summed E-state index contributed by atoms with van der Waals surface area (Å²) in [6, 6.07) is 10.6. The molecule has 94 valence electrons. The maximum Gasteiger partial charge on any atom is 0.168 e. The van der Waals surface area contributed by atoms with Crippen molar-refractivity contribution in [2.24, 2.45) is 0 Å². The summed E-state index contributed by atoms with van der Waals surface area (Å²) in [4.78, 5) is 16.4. The van der Waals surface area contributed by atoms with Crippen molar-refractivity contribution in [2.45, 2.75) is 6.42 Å². The fourth-order valence-electron chi connectivity index (χ4n) is 1.95. The molecule has 0 unspecified atom stereocenters. The van der Waals surface area contributed by atoms with Crippen LogP contribution >= 0.6 is 11.3 Å². The summed E-state index contributed by atoms with van der Waals surface area (Å²) in [5.74, 6) is 0.186. The smallest absolute Gasteiger partial charge is 0.168 e. The average molecular weight is 269 g/mol. The molecule has 3 nitrogen and oxygen atoms in total. The molecule has 0 spiro atoms. The Morgan fingerprint density at radius 2 is 2.16 bits per heavy atom. The number of Topliss-reactive ketones (excluding diaryl/α,β-unsaturated/α-hetero) is 1. The van der Waals surface area contributed by atoms with E-state index in [4.69, 9.17) is 0 Å². The molecule has 0 radical (unpaired) electrons. The van der Waals surface area contributed by atoms with Gasteiger partial charge in [-0.15, -0.1) is 11.3 Å². The Bertz CT molecular complexity index is 748. The third-order valence-electron chi connectivity index (χ3n) is 2.90. The predicted molar refractivity (Wildman–Crippen MR) is 75.8 cm³/mol. The van der Waals surface area contributed by atoms with Gasteiger partial charge >= 0.3 is 0 Å². The molecule has 0 amide bonds. The number of rotatable bonds is 3. The number of ketones is 1. The van der Waals surface area contributed by atoms with Gasteiger partial charge in [-0.3, -0.25) is 9.78 Å². The molecule has 2 aromatic heterocycles. The van der Waals surface area contributed by atoms with Gasteiger partial charge in [-0.1, -0.05) is 12.1 Å². The van der Waals surface area contributed by atoms with E-state index in [1.807, 2.05) is 23.6 Å². The SMILES string of the molecule is O=C(Cc1cccc(O)c1)c1cnc2ccsc2c1. The summed E-state index contributed by atoms with van der Waals surface area (Å²) in [5.41, 5.74) is 2.33. The zero-order valence-corrected chi connectivity index (χ0v) is 10.9. The molecule has 2 heterocycles. The second kappa shape index (κ2) is 4.82. The molecular formula is C15H11NO2S. The van der Waals surface area contributed by atoms with Gasteiger partial charge < -0.3 is 5.11 Å². The van der Waals surface area contributed by atoms with Gasteiger partial charge in [-0.05, 0) is 35.2 Å². The van der Waals surface area contributed by atoms with Crippen molar-refractivity contribution in [2.75, 3.05) is 0 Å². The Morgan fingerprint density at radius 1 is 1.26 bits per heavy atom. The minimum Gasteiger partial charge on any atom is -0.508 e. The minimum atomic E-state index is 0.00778. The highest BCUT2D eigenvalue weighted by Gasteiger charge is 2.09. The molecule has 0 aliphatic carbocycles. The van der Waals surface area contributed by atoms with E-state index < -0.39 is 0 Å². The van der Waals surface area contributed by atoms with Gasteiger partial charge in [0.25, 0.3) is 0 Å². The van der Waals surface area contributed by atoms with Crippen LogP contribution in [0.1, 0.15) is 15.9 Å². The molecular weight excluding hydrogens is 258 g/mol. The molecule has 1 N–H and O–H groups in total. The number of fused-ring (bicyclic) bond motifs is 1. The quantitative estimate of drug-likeness (QED) is 0.741. The number of nitrogens with zero attached hydrogens (tertiary/aromatic N) is 1. The van der Waals surface area contributed by atoms with Gasteiger partial charge in [0.15, 0.2) is 5.78 Å². The number of hydrogen-bond donors (Lipinski definition) is 1. The van der Waals surface area contributed by atoms with E-state index in [0.29, 0.717) is 5.56 Å². The Hall–Kier alpha value is -2.20. The molecule has 3 rings (SSSR count). The van der Waals surface area contributed by atoms with Gasteiger partial charge in [0.1, 0.15) is 5.75 Å². The summed E-state index contributed by atoms with van der Waals surface area (Å²) in [6.07, 6.45) is 1.88. The van der Waals surface area contributed by atoms with Crippen molar-refractivity contribution in [3.05, 3.63) is 59.1 Å². The normalized spacial score (nSPS) is 10.7. The van der Waals surface area contributed by atoms with Gasteiger partial charge in [0.2, 0.25) is 0 Å². The van der Waals surface area contributed by atoms with E-state index >= 15 is 0 Å². The molecule has 0 saturated carbocycles. The topological polar surface area (TPSA) is 50.2 Å². The average Bonchev–Trinajstić information content (AvgIpc) is 2.85. The standard InChI is InChI=1S/C15H11NO2S/c17-12-3-1-2-10(6-12)7-14(18)11-8-15-13(16-9-11)4-5-19-15/h1-6,8-9,17H,7H2. The fraction of sp³-hybridized carbons (Fsp3) is 0.0667. The van der Waals surface area contributed by atoms with Crippen molar-refractivity contribution < 1.29 is 9.90 Å². The number of aromatic nitrogens is 1. The second-order valence-corrected chi connectivity index (χ2v) is 5.25. The maximum absolute atomic E-state index is 12.2. The van der Waals surface area contributed by atoms with Crippen LogP contribution in [-0.4, -0.2) is 15.9 Å². The van der Waals surface area contributed by atoms with E-state index in [-0.39, 0.29) is 18.0 Å². The third kappa shape index (κ3) is 2.48. The highest BCUT2D eigenvalue weighted by atomic mass is 32.1. The van der Waals surface area contributed by atoms with Crippen molar-refractivity contribution in [1.29, 1.82) is 0 Å². The van der Waals surface area contributed by atoms with Gasteiger partial charge in [-0.2, -0.15) is 0 Å². The summed E-state index contributed by atoms with van der Waals surface area (Å²) in [6.45, 7) is 0. The predicted octanol–water partition coefficient (Wildman–Crippen LogP) is 3.43. The van der Waals surface area contributed by atoms with Crippen molar-refractivity contribution in [3.8, 4) is 5.75 Å². The van der Waals surface area contributed by atoms with Crippen LogP contribution in [0, 0.1) is 0 Å². The highest BCUT2D eigenvalue weighted by Crippen LogP contribution is 2.20. The molecule has 0 aliphatic heterocycles. The van der Waals surface area contributed by atoms with Crippen molar-refractivity contribution in [1.82, 2.24) is 4.98 Å². The Labute approximate surface area is 114 Å². The first kappa shape index (κ1) is 11.9. The number of hydrogen-bond acceptors (Lipinski definition) is 4. The first-order valence-electron chi connectivity index (χ1n) is 5.87. The van der Waals surface area contributed by atoms with Crippen LogP contribution < -0.4 is 0 Å². The molecule has 0 saturated heterocycles. The lowest BCUT2D eigenvalue weighted by molar-refractivity contribution is 0.0993. The maximum atomic E-state index is 12.2. The van der Waals surface area contributed by atoms with Crippen LogP contribution in [0.25, 0.3) is 10.2 Å². The van der Waals surface area contributed by atoms with Crippen LogP contribution in [0.3, 0.4) is 0 Å². The van der Waals surface area contributed by atoms with Crippen LogP contribution in [0.4, 0.5) is 0 Å². The van der Waals surface area contributed by atoms with Gasteiger partial charge in [0, 0.05) is 18.2 Å². The largest absolute Gasteiger partial charge is 0.508 e. The Kier molecular flexibility index (Phi) is 3.01. The molecule has 3 aromatic rings. The summed E-state index contributed by atoms with van der Waals surface area (Å²) in [5, 5.41) is 11.3. The zero-order valence-electron chi connectivity index (χ0n) is 10.0.